The van der Waals surface area contributed by atoms with Gasteiger partial charge in [0.25, 0.3) is 11.8 Å². The highest BCUT2D eigenvalue weighted by molar-refractivity contribution is 8.00. The van der Waals surface area contributed by atoms with Crippen LogP contribution in [0.1, 0.15) is 15.9 Å². The molecule has 0 aliphatic carbocycles. The van der Waals surface area contributed by atoms with Crippen LogP contribution in [0.15, 0.2) is 100 Å². The lowest BCUT2D eigenvalue weighted by Gasteiger charge is -2.19. The molecular formula is C30H25N3O5S2. The van der Waals surface area contributed by atoms with Crippen LogP contribution < -0.4 is 25.4 Å². The first-order valence-corrected chi connectivity index (χ1v) is 14.3. The molecule has 4 aromatic rings. The summed E-state index contributed by atoms with van der Waals surface area (Å²) >= 11 is 2.83. The highest BCUT2D eigenvalue weighted by atomic mass is 32.2. The van der Waals surface area contributed by atoms with Crippen molar-refractivity contribution in [2.75, 3.05) is 29.6 Å². The first-order valence-electron chi connectivity index (χ1n) is 12.4. The molecule has 10 heteroatoms. The Morgan fingerprint density at radius 2 is 1.65 bits per heavy atom. The van der Waals surface area contributed by atoms with Crippen LogP contribution in [0.4, 0.5) is 11.4 Å². The van der Waals surface area contributed by atoms with Crippen molar-refractivity contribution < 1.29 is 23.9 Å². The predicted octanol–water partition coefficient (Wildman–Crippen LogP) is 5.66. The Bertz CT molecular complexity index is 1540. The van der Waals surface area contributed by atoms with Gasteiger partial charge in [-0.15, -0.1) is 11.8 Å². The molecule has 0 atom stereocenters. The molecule has 0 bridgehead atoms. The Balaban J connectivity index is 1.21. The normalized spacial score (nSPS) is 12.3. The Hall–Kier alpha value is -4.54. The van der Waals surface area contributed by atoms with Crippen molar-refractivity contribution in [1.82, 2.24) is 5.32 Å². The number of hydrogen-bond donors (Lipinski definition) is 3. The summed E-state index contributed by atoms with van der Waals surface area (Å²) in [6.45, 7) is 0.973. The third kappa shape index (κ3) is 7.31. The number of thiophene rings is 1. The van der Waals surface area contributed by atoms with Crippen LogP contribution in [0.2, 0.25) is 0 Å². The fraction of sp³-hybridized carbons (Fsp3) is 0.100. The lowest BCUT2D eigenvalue weighted by atomic mass is 10.2. The minimum absolute atomic E-state index is 0.115. The Morgan fingerprint density at radius 3 is 2.45 bits per heavy atom. The van der Waals surface area contributed by atoms with Crippen molar-refractivity contribution in [3.8, 4) is 11.5 Å². The number of carbonyl (C=O) groups excluding carboxylic acids is 3. The van der Waals surface area contributed by atoms with Gasteiger partial charge in [0.2, 0.25) is 5.91 Å². The van der Waals surface area contributed by atoms with Gasteiger partial charge in [-0.05, 0) is 70.9 Å². The second kappa shape index (κ2) is 13.0. The van der Waals surface area contributed by atoms with Gasteiger partial charge in [0, 0.05) is 27.9 Å². The van der Waals surface area contributed by atoms with E-state index in [9.17, 15) is 14.4 Å². The number of thioether (sulfide) groups is 1. The van der Waals surface area contributed by atoms with Gasteiger partial charge in [0.15, 0.2) is 11.5 Å². The topological polar surface area (TPSA) is 106 Å². The third-order valence-corrected chi connectivity index (χ3v) is 7.37. The number of fused-ring (bicyclic) bond motifs is 1. The van der Waals surface area contributed by atoms with Crippen molar-refractivity contribution in [3.63, 3.8) is 0 Å². The van der Waals surface area contributed by atoms with Crippen LogP contribution in [0.25, 0.3) is 6.08 Å². The van der Waals surface area contributed by atoms with Gasteiger partial charge in [-0.2, -0.15) is 11.3 Å². The van der Waals surface area contributed by atoms with Gasteiger partial charge in [-0.1, -0.05) is 24.3 Å². The fourth-order valence-electron chi connectivity index (χ4n) is 3.80. The van der Waals surface area contributed by atoms with E-state index in [-0.39, 0.29) is 23.3 Å². The maximum atomic E-state index is 13.2. The summed E-state index contributed by atoms with van der Waals surface area (Å²) in [7, 11) is 0. The minimum Gasteiger partial charge on any atom is -0.486 e. The Morgan fingerprint density at radius 1 is 0.850 bits per heavy atom. The van der Waals surface area contributed by atoms with Crippen LogP contribution in [-0.4, -0.2) is 36.7 Å². The van der Waals surface area contributed by atoms with Crippen molar-refractivity contribution in [3.05, 3.63) is 106 Å². The van der Waals surface area contributed by atoms with Crippen LogP contribution in [-0.2, 0) is 9.59 Å². The van der Waals surface area contributed by atoms with Gasteiger partial charge in [-0.3, -0.25) is 14.4 Å². The molecule has 5 rings (SSSR count). The highest BCUT2D eigenvalue weighted by Gasteiger charge is 2.16. The number of hydrogen-bond acceptors (Lipinski definition) is 7. The van der Waals surface area contributed by atoms with E-state index in [0.29, 0.717) is 41.7 Å². The lowest BCUT2D eigenvalue weighted by Crippen LogP contribution is -2.30. The zero-order valence-corrected chi connectivity index (χ0v) is 22.8. The van der Waals surface area contributed by atoms with E-state index in [2.05, 4.69) is 16.0 Å². The molecule has 3 N–H and O–H groups in total. The minimum atomic E-state index is -0.464. The van der Waals surface area contributed by atoms with Crippen LogP contribution >= 0.6 is 23.1 Å². The molecule has 40 heavy (non-hydrogen) atoms. The molecule has 2 heterocycles. The molecule has 1 aliphatic rings. The summed E-state index contributed by atoms with van der Waals surface area (Å²) in [5.41, 5.74) is 2.52. The zero-order chi connectivity index (χ0) is 27.7. The number of anilines is 2. The second-order valence-corrected chi connectivity index (χ2v) is 10.4. The number of rotatable bonds is 9. The smallest absolute Gasteiger partial charge is 0.272 e. The summed E-state index contributed by atoms with van der Waals surface area (Å²) in [6.07, 6.45) is 1.63. The van der Waals surface area contributed by atoms with E-state index >= 15 is 0 Å². The van der Waals surface area contributed by atoms with Crippen molar-refractivity contribution in [2.24, 2.45) is 0 Å². The number of benzene rings is 3. The molecular weight excluding hydrogens is 546 g/mol. The number of carbonyl (C=O) groups is 3. The van der Waals surface area contributed by atoms with Crippen molar-refractivity contribution >= 4 is 58.3 Å². The molecule has 1 aliphatic heterocycles. The van der Waals surface area contributed by atoms with E-state index in [1.165, 1.54) is 23.1 Å². The van der Waals surface area contributed by atoms with E-state index in [4.69, 9.17) is 9.47 Å². The molecule has 0 saturated heterocycles. The summed E-state index contributed by atoms with van der Waals surface area (Å²) < 4.78 is 11.1. The lowest BCUT2D eigenvalue weighted by molar-refractivity contribution is -0.114. The molecule has 3 amide bonds. The molecule has 8 nitrogen and oxygen atoms in total. The van der Waals surface area contributed by atoms with Crippen LogP contribution in [0.5, 0.6) is 11.5 Å². The summed E-state index contributed by atoms with van der Waals surface area (Å²) in [5, 5.41) is 12.2. The van der Waals surface area contributed by atoms with Gasteiger partial charge in [0.1, 0.15) is 18.9 Å². The van der Waals surface area contributed by atoms with Crippen LogP contribution in [0.3, 0.4) is 0 Å². The SMILES string of the molecule is O=C(CSc1cccc(NC(=O)/C(=C/c2ccsc2)NC(=O)c2ccccc2)c1)Nc1ccc2c(c1)OCCO2. The maximum absolute atomic E-state index is 13.2. The van der Waals surface area contributed by atoms with Crippen molar-refractivity contribution in [2.45, 2.75) is 4.90 Å². The fourth-order valence-corrected chi connectivity index (χ4v) is 5.17. The monoisotopic (exact) mass is 571 g/mol. The molecule has 0 saturated carbocycles. The summed E-state index contributed by atoms with van der Waals surface area (Å²) in [5.74, 6) is 0.403. The second-order valence-electron chi connectivity index (χ2n) is 8.61. The molecule has 202 valence electrons. The molecule has 3 aromatic carbocycles. The molecule has 0 unspecified atom stereocenters. The standard InChI is InChI=1S/C30H25N3O5S2/c34-28(31-23-9-10-26-27(17-23)38-13-12-37-26)19-40-24-8-4-7-22(16-24)32-30(36)25(15-20-11-14-39-18-20)33-29(35)21-5-2-1-3-6-21/h1-11,14-18H,12-13,19H2,(H,31,34)(H,32,36)(H,33,35)/b25-15-. The highest BCUT2D eigenvalue weighted by Crippen LogP contribution is 2.32. The van der Waals surface area contributed by atoms with E-state index < -0.39 is 5.91 Å². The summed E-state index contributed by atoms with van der Waals surface area (Å²) in [4.78, 5) is 39.3. The predicted molar refractivity (Wildman–Crippen MR) is 158 cm³/mol. The number of ether oxygens (including phenoxy) is 2. The van der Waals surface area contributed by atoms with Crippen LogP contribution in [0, 0.1) is 0 Å². The molecule has 0 radical (unpaired) electrons. The number of nitrogens with one attached hydrogen (secondary N) is 3. The summed E-state index contributed by atoms with van der Waals surface area (Å²) in [6, 6.07) is 23.0. The average Bonchev–Trinajstić information content (AvgIpc) is 3.49. The number of amides is 3. The largest absolute Gasteiger partial charge is 0.486 e. The third-order valence-electron chi connectivity index (χ3n) is 5.67. The molecule has 1 aromatic heterocycles. The Kier molecular flexibility index (Phi) is 8.79. The quantitative estimate of drug-likeness (QED) is 0.177. The van der Waals surface area contributed by atoms with Gasteiger partial charge in [-0.25, -0.2) is 0 Å². The van der Waals surface area contributed by atoms with E-state index in [1.807, 2.05) is 29.0 Å². The van der Waals surface area contributed by atoms with Gasteiger partial charge < -0.3 is 25.4 Å². The Labute approximate surface area is 239 Å². The van der Waals surface area contributed by atoms with Gasteiger partial charge in [0.05, 0.1) is 5.75 Å². The van der Waals surface area contributed by atoms with Crippen molar-refractivity contribution in [1.29, 1.82) is 0 Å². The first kappa shape index (κ1) is 27.0. The average molecular weight is 572 g/mol. The van der Waals surface area contributed by atoms with E-state index in [1.54, 1.807) is 66.7 Å². The maximum Gasteiger partial charge on any atom is 0.272 e. The first-order chi connectivity index (χ1) is 19.5. The zero-order valence-electron chi connectivity index (χ0n) is 21.2. The molecule has 0 spiro atoms. The van der Waals surface area contributed by atoms with E-state index in [0.717, 1.165) is 10.5 Å². The molecule has 0 fully saturated rings. The van der Waals surface area contributed by atoms with Gasteiger partial charge >= 0.3 is 0 Å².